The van der Waals surface area contributed by atoms with E-state index in [9.17, 15) is 0 Å². The second-order valence-electron chi connectivity index (χ2n) is 5.68. The third-order valence-electron chi connectivity index (χ3n) is 2.85. The van der Waals surface area contributed by atoms with E-state index in [0.29, 0.717) is 5.41 Å². The van der Waals surface area contributed by atoms with E-state index in [1.165, 1.54) is 11.1 Å². The molecule has 17 heavy (non-hydrogen) atoms. The summed E-state index contributed by atoms with van der Waals surface area (Å²) in [5.41, 5.74) is 3.00. The summed E-state index contributed by atoms with van der Waals surface area (Å²) in [6, 6.07) is 8.50. The maximum Gasteiger partial charge on any atom is 0.0916 e. The van der Waals surface area contributed by atoms with E-state index in [4.69, 9.17) is 4.74 Å². The first-order valence-corrected chi connectivity index (χ1v) is 7.70. The summed E-state index contributed by atoms with van der Waals surface area (Å²) in [6.45, 7) is 9.75. The molecule has 1 unspecified atom stereocenters. The average Bonchev–Trinajstić information content (AvgIpc) is 2.24. The van der Waals surface area contributed by atoms with Crippen LogP contribution in [0, 0.1) is 12.3 Å². The van der Waals surface area contributed by atoms with Gasteiger partial charge in [-0.3, -0.25) is 0 Å². The molecule has 0 radical (unpaired) electrons. The van der Waals surface area contributed by atoms with Crippen LogP contribution >= 0.6 is 22.6 Å². The highest BCUT2D eigenvalue weighted by atomic mass is 127. The molecule has 0 saturated heterocycles. The predicted octanol–water partition coefficient (Wildman–Crippen LogP) is 4.92. The van der Waals surface area contributed by atoms with E-state index in [1.54, 1.807) is 0 Å². The number of alkyl halides is 1. The molecule has 96 valence electrons. The summed E-state index contributed by atoms with van der Waals surface area (Å²) in [5.74, 6) is 0. The van der Waals surface area contributed by atoms with Gasteiger partial charge in [-0.1, -0.05) is 67.6 Å². The number of ether oxygens (including phenoxy) is 1. The van der Waals surface area contributed by atoms with Crippen molar-refractivity contribution in [3.8, 4) is 0 Å². The van der Waals surface area contributed by atoms with Gasteiger partial charge in [0.2, 0.25) is 0 Å². The van der Waals surface area contributed by atoms with Gasteiger partial charge in [-0.05, 0) is 29.9 Å². The Hall–Kier alpha value is -0.0900. The molecular weight excluding hydrogens is 323 g/mol. The Bertz CT molecular complexity index is 341. The van der Waals surface area contributed by atoms with E-state index in [-0.39, 0.29) is 6.10 Å². The molecular formula is C15H23IO. The van der Waals surface area contributed by atoms with Gasteiger partial charge in [-0.2, -0.15) is 0 Å². The Morgan fingerprint density at radius 2 is 1.88 bits per heavy atom. The van der Waals surface area contributed by atoms with Crippen LogP contribution in [0.4, 0.5) is 0 Å². The zero-order chi connectivity index (χ0) is 12.9. The fourth-order valence-corrected chi connectivity index (χ4v) is 2.40. The molecule has 0 fully saturated rings. The highest BCUT2D eigenvalue weighted by Crippen LogP contribution is 2.25. The van der Waals surface area contributed by atoms with Gasteiger partial charge in [-0.15, -0.1) is 0 Å². The third-order valence-corrected chi connectivity index (χ3v) is 3.65. The summed E-state index contributed by atoms with van der Waals surface area (Å²) in [4.78, 5) is 0. The van der Waals surface area contributed by atoms with E-state index in [2.05, 4.69) is 74.6 Å². The molecule has 0 heterocycles. The van der Waals surface area contributed by atoms with Gasteiger partial charge in [0.25, 0.3) is 0 Å². The standard InChI is InChI=1S/C15H23IO/c1-12-7-5-6-8-13(12)14(11-16)17-10-9-15(2,3)4/h5-8,14H,9-11H2,1-4H3. The van der Waals surface area contributed by atoms with Crippen molar-refractivity contribution in [1.82, 2.24) is 0 Å². The lowest BCUT2D eigenvalue weighted by molar-refractivity contribution is 0.0528. The average molecular weight is 346 g/mol. The minimum Gasteiger partial charge on any atom is -0.373 e. The van der Waals surface area contributed by atoms with Crippen LogP contribution in [0.25, 0.3) is 0 Å². The highest BCUT2D eigenvalue weighted by molar-refractivity contribution is 14.1. The van der Waals surface area contributed by atoms with Crippen molar-refractivity contribution in [2.45, 2.75) is 40.2 Å². The molecule has 0 saturated carbocycles. The molecule has 1 atom stereocenters. The van der Waals surface area contributed by atoms with Crippen molar-refractivity contribution in [3.05, 3.63) is 35.4 Å². The third kappa shape index (κ3) is 5.38. The van der Waals surface area contributed by atoms with Crippen molar-refractivity contribution in [3.63, 3.8) is 0 Å². The van der Waals surface area contributed by atoms with Crippen LogP contribution in [0.1, 0.15) is 44.4 Å². The quantitative estimate of drug-likeness (QED) is 0.543. The minimum absolute atomic E-state index is 0.235. The fourth-order valence-electron chi connectivity index (χ4n) is 1.67. The highest BCUT2D eigenvalue weighted by Gasteiger charge is 2.15. The second-order valence-corrected chi connectivity index (χ2v) is 6.56. The zero-order valence-electron chi connectivity index (χ0n) is 11.3. The van der Waals surface area contributed by atoms with Gasteiger partial charge >= 0.3 is 0 Å². The number of halogens is 1. The molecule has 0 spiro atoms. The van der Waals surface area contributed by atoms with Gasteiger partial charge in [0.15, 0.2) is 0 Å². The molecule has 0 bridgehead atoms. The summed E-state index contributed by atoms with van der Waals surface area (Å²) in [5, 5.41) is 0. The van der Waals surface area contributed by atoms with Gasteiger partial charge in [0, 0.05) is 11.0 Å². The maximum atomic E-state index is 6.03. The molecule has 0 N–H and O–H groups in total. The summed E-state index contributed by atoms with van der Waals surface area (Å²) in [7, 11) is 0. The lowest BCUT2D eigenvalue weighted by Crippen LogP contribution is -2.13. The molecule has 1 rings (SSSR count). The normalized spacial score (nSPS) is 13.7. The summed E-state index contributed by atoms with van der Waals surface area (Å²) in [6.07, 6.45) is 1.34. The van der Waals surface area contributed by atoms with E-state index in [1.807, 2.05) is 0 Å². The number of rotatable bonds is 5. The summed E-state index contributed by atoms with van der Waals surface area (Å²) < 4.78 is 7.03. The van der Waals surface area contributed by atoms with Crippen LogP contribution in [0.15, 0.2) is 24.3 Å². The van der Waals surface area contributed by atoms with Crippen LogP contribution in [0.5, 0.6) is 0 Å². The topological polar surface area (TPSA) is 9.23 Å². The molecule has 0 aliphatic heterocycles. The molecule has 0 amide bonds. The van der Waals surface area contributed by atoms with Crippen molar-refractivity contribution in [2.75, 3.05) is 11.0 Å². The van der Waals surface area contributed by atoms with E-state index >= 15 is 0 Å². The van der Waals surface area contributed by atoms with Crippen LogP contribution in [-0.2, 0) is 4.74 Å². The Morgan fingerprint density at radius 1 is 1.24 bits per heavy atom. The lowest BCUT2D eigenvalue weighted by Gasteiger charge is -2.22. The first kappa shape index (κ1) is 15.0. The van der Waals surface area contributed by atoms with Crippen LogP contribution in [-0.4, -0.2) is 11.0 Å². The number of aryl methyl sites for hydroxylation is 1. The minimum atomic E-state index is 0.235. The van der Waals surface area contributed by atoms with E-state index in [0.717, 1.165) is 17.5 Å². The molecule has 1 nitrogen and oxygen atoms in total. The van der Waals surface area contributed by atoms with Crippen molar-refractivity contribution in [1.29, 1.82) is 0 Å². The molecule has 1 aromatic rings. The number of hydrogen-bond donors (Lipinski definition) is 0. The molecule has 2 heteroatoms. The summed E-state index contributed by atoms with van der Waals surface area (Å²) >= 11 is 2.41. The Labute approximate surface area is 119 Å². The van der Waals surface area contributed by atoms with Gasteiger partial charge in [0.1, 0.15) is 0 Å². The maximum absolute atomic E-state index is 6.03. The number of hydrogen-bond acceptors (Lipinski definition) is 1. The molecule has 0 aromatic heterocycles. The Morgan fingerprint density at radius 3 is 2.41 bits per heavy atom. The van der Waals surface area contributed by atoms with Crippen LogP contribution < -0.4 is 0 Å². The molecule has 0 aliphatic rings. The largest absolute Gasteiger partial charge is 0.373 e. The Balaban J connectivity index is 2.58. The van der Waals surface area contributed by atoms with Crippen LogP contribution in [0.2, 0.25) is 0 Å². The predicted molar refractivity (Wildman–Crippen MR) is 82.8 cm³/mol. The monoisotopic (exact) mass is 346 g/mol. The zero-order valence-corrected chi connectivity index (χ0v) is 13.5. The molecule has 0 aliphatic carbocycles. The lowest BCUT2D eigenvalue weighted by atomic mass is 9.93. The van der Waals surface area contributed by atoms with Gasteiger partial charge in [0.05, 0.1) is 6.10 Å². The Kier molecular flexibility index (Phi) is 5.93. The van der Waals surface area contributed by atoms with Crippen LogP contribution in [0.3, 0.4) is 0 Å². The molecule has 1 aromatic carbocycles. The van der Waals surface area contributed by atoms with Gasteiger partial charge < -0.3 is 4.74 Å². The second kappa shape index (κ2) is 6.74. The first-order chi connectivity index (χ1) is 7.94. The van der Waals surface area contributed by atoms with Crippen molar-refractivity contribution >= 4 is 22.6 Å². The SMILES string of the molecule is Cc1ccccc1C(CI)OCCC(C)(C)C. The fraction of sp³-hybridized carbons (Fsp3) is 0.600. The van der Waals surface area contributed by atoms with Crippen molar-refractivity contribution in [2.24, 2.45) is 5.41 Å². The van der Waals surface area contributed by atoms with Gasteiger partial charge in [-0.25, -0.2) is 0 Å². The first-order valence-electron chi connectivity index (χ1n) is 6.17. The smallest absolute Gasteiger partial charge is 0.0916 e. The van der Waals surface area contributed by atoms with E-state index < -0.39 is 0 Å². The van der Waals surface area contributed by atoms with Crippen molar-refractivity contribution < 1.29 is 4.74 Å². The number of benzene rings is 1.